The monoisotopic (exact) mass is 437 g/mol. The molecule has 1 amide bonds. The number of ether oxygens (including phenoxy) is 2. The fourth-order valence-electron chi connectivity index (χ4n) is 3.66. The van der Waals surface area contributed by atoms with E-state index in [0.717, 1.165) is 48.6 Å². The topological polar surface area (TPSA) is 118 Å². The van der Waals surface area contributed by atoms with Gasteiger partial charge >= 0.3 is 0 Å². The molecule has 0 aliphatic carbocycles. The Balaban J connectivity index is 1.28. The van der Waals surface area contributed by atoms with Gasteiger partial charge in [-0.25, -0.2) is 4.98 Å². The molecule has 168 valence electrons. The first-order chi connectivity index (χ1) is 15.6. The zero-order valence-electron chi connectivity index (χ0n) is 18.2. The number of aromatic nitrogens is 5. The molecule has 0 unspecified atom stereocenters. The number of rotatable bonds is 8. The lowest BCUT2D eigenvalue weighted by Gasteiger charge is -2.33. The fourth-order valence-corrected chi connectivity index (χ4v) is 3.66. The molecule has 0 bridgehead atoms. The number of carbonyl (C=O) groups is 1. The van der Waals surface area contributed by atoms with Gasteiger partial charge in [0, 0.05) is 44.7 Å². The molecular formula is C22H27N7O3. The molecule has 1 fully saturated rings. The maximum absolute atomic E-state index is 12.4. The Morgan fingerprint density at radius 3 is 2.75 bits per heavy atom. The number of piperidine rings is 1. The molecule has 10 heteroatoms. The number of nitrogens with zero attached hydrogens (tertiary/aromatic N) is 5. The van der Waals surface area contributed by atoms with Crippen LogP contribution in [0.3, 0.4) is 0 Å². The number of aryl methyl sites for hydroxylation is 1. The molecule has 0 saturated carbocycles. The molecule has 10 nitrogen and oxygen atoms in total. The molecule has 32 heavy (non-hydrogen) atoms. The molecule has 1 aliphatic heterocycles. The molecule has 0 aromatic carbocycles. The van der Waals surface area contributed by atoms with Crippen molar-refractivity contribution in [2.45, 2.75) is 32.3 Å². The van der Waals surface area contributed by atoms with E-state index in [1.54, 1.807) is 31.6 Å². The van der Waals surface area contributed by atoms with Crippen LogP contribution >= 0.6 is 0 Å². The second-order valence-corrected chi connectivity index (χ2v) is 7.69. The molecule has 4 rings (SSSR count). The van der Waals surface area contributed by atoms with Crippen LogP contribution in [0.5, 0.6) is 11.6 Å². The van der Waals surface area contributed by atoms with Gasteiger partial charge in [-0.1, -0.05) is 0 Å². The highest BCUT2D eigenvalue weighted by Crippen LogP contribution is 2.24. The number of H-pyrrole nitrogens is 1. The lowest BCUT2D eigenvalue weighted by atomic mass is 10.1. The number of hydrogen-bond donors (Lipinski definition) is 2. The Morgan fingerprint density at radius 1 is 1.25 bits per heavy atom. The van der Waals surface area contributed by atoms with E-state index >= 15 is 0 Å². The van der Waals surface area contributed by atoms with Gasteiger partial charge in [0.1, 0.15) is 11.9 Å². The maximum atomic E-state index is 12.4. The average molecular weight is 438 g/mol. The highest BCUT2D eigenvalue weighted by molar-refractivity contribution is 5.92. The summed E-state index contributed by atoms with van der Waals surface area (Å²) in [6.07, 6.45) is 7.79. The van der Waals surface area contributed by atoms with Crippen LogP contribution in [-0.2, 0) is 6.42 Å². The van der Waals surface area contributed by atoms with Crippen molar-refractivity contribution in [3.8, 4) is 11.6 Å². The van der Waals surface area contributed by atoms with Crippen LogP contribution in [0.4, 0.5) is 5.82 Å². The van der Waals surface area contributed by atoms with Crippen molar-refractivity contribution in [3.63, 3.8) is 0 Å². The van der Waals surface area contributed by atoms with Gasteiger partial charge in [-0.3, -0.25) is 9.89 Å². The van der Waals surface area contributed by atoms with E-state index < -0.39 is 0 Å². The summed E-state index contributed by atoms with van der Waals surface area (Å²) in [4.78, 5) is 18.8. The summed E-state index contributed by atoms with van der Waals surface area (Å²) in [5.41, 5.74) is 2.29. The number of methoxy groups -OCH3 is 1. The van der Waals surface area contributed by atoms with E-state index in [0.29, 0.717) is 24.5 Å². The van der Waals surface area contributed by atoms with Gasteiger partial charge in [0.05, 0.1) is 19.5 Å². The van der Waals surface area contributed by atoms with Gasteiger partial charge < -0.3 is 19.7 Å². The molecule has 3 aromatic rings. The van der Waals surface area contributed by atoms with Crippen LogP contribution in [0.2, 0.25) is 0 Å². The first-order valence-corrected chi connectivity index (χ1v) is 10.6. The predicted octanol–water partition coefficient (Wildman–Crippen LogP) is 1.93. The van der Waals surface area contributed by atoms with Gasteiger partial charge in [0.25, 0.3) is 5.91 Å². The summed E-state index contributed by atoms with van der Waals surface area (Å²) < 4.78 is 11.1. The molecule has 3 aromatic heterocycles. The van der Waals surface area contributed by atoms with Crippen LogP contribution in [-0.4, -0.2) is 64.1 Å². The minimum Gasteiger partial charge on any atom is -0.489 e. The molecule has 0 spiro atoms. The van der Waals surface area contributed by atoms with E-state index in [4.69, 9.17) is 9.47 Å². The average Bonchev–Trinajstić information content (AvgIpc) is 3.34. The number of nitrogens with one attached hydrogen (secondary N) is 2. The van der Waals surface area contributed by atoms with Crippen molar-refractivity contribution in [1.29, 1.82) is 0 Å². The van der Waals surface area contributed by atoms with Crippen LogP contribution < -0.4 is 19.7 Å². The van der Waals surface area contributed by atoms with Gasteiger partial charge in [-0.05, 0) is 36.6 Å². The Kier molecular flexibility index (Phi) is 6.78. The molecule has 1 saturated heterocycles. The van der Waals surface area contributed by atoms with Crippen molar-refractivity contribution < 1.29 is 14.3 Å². The molecule has 4 heterocycles. The zero-order valence-corrected chi connectivity index (χ0v) is 18.2. The summed E-state index contributed by atoms with van der Waals surface area (Å²) in [5, 5.41) is 18.0. The minimum absolute atomic E-state index is 0.120. The Labute approximate surface area is 186 Å². The van der Waals surface area contributed by atoms with E-state index in [2.05, 4.69) is 35.6 Å². The lowest BCUT2D eigenvalue weighted by molar-refractivity contribution is 0.0948. The minimum atomic E-state index is -0.226. The van der Waals surface area contributed by atoms with Crippen LogP contribution in [0.1, 0.15) is 34.5 Å². The highest BCUT2D eigenvalue weighted by atomic mass is 16.5. The first kappa shape index (κ1) is 21.5. The normalized spacial score (nSPS) is 14.2. The molecule has 0 radical (unpaired) electrons. The van der Waals surface area contributed by atoms with Crippen molar-refractivity contribution in [2.24, 2.45) is 0 Å². The van der Waals surface area contributed by atoms with Crippen molar-refractivity contribution in [2.75, 3.05) is 31.6 Å². The van der Waals surface area contributed by atoms with Gasteiger partial charge in [-0.15, -0.1) is 10.2 Å². The number of anilines is 1. The number of amides is 1. The Morgan fingerprint density at radius 2 is 2.09 bits per heavy atom. The maximum Gasteiger partial charge on any atom is 0.271 e. The van der Waals surface area contributed by atoms with E-state index in [1.807, 2.05) is 19.2 Å². The number of aromatic amines is 1. The number of hydrogen-bond acceptors (Lipinski definition) is 8. The lowest BCUT2D eigenvalue weighted by Crippen LogP contribution is -2.39. The van der Waals surface area contributed by atoms with Crippen LogP contribution in [0.15, 0.2) is 36.8 Å². The van der Waals surface area contributed by atoms with Crippen LogP contribution in [0.25, 0.3) is 0 Å². The quantitative estimate of drug-likeness (QED) is 0.549. The van der Waals surface area contributed by atoms with Gasteiger partial charge in [0.2, 0.25) is 5.88 Å². The van der Waals surface area contributed by atoms with Gasteiger partial charge in [0.15, 0.2) is 11.5 Å². The summed E-state index contributed by atoms with van der Waals surface area (Å²) in [6, 6.07) is 5.45. The third-order valence-electron chi connectivity index (χ3n) is 5.41. The SMILES string of the molecule is COc1ccc(OC2CCN(c3nnc(C(=O)NCCc4cn[nH]c4)cc3C)CC2)cn1. The van der Waals surface area contributed by atoms with Crippen molar-refractivity contribution >= 4 is 11.7 Å². The Bertz CT molecular complexity index is 1020. The van der Waals surface area contributed by atoms with E-state index in [1.165, 1.54) is 0 Å². The predicted molar refractivity (Wildman–Crippen MR) is 118 cm³/mol. The molecule has 0 atom stereocenters. The largest absolute Gasteiger partial charge is 0.489 e. The summed E-state index contributed by atoms with van der Waals surface area (Å²) in [5.74, 6) is 1.89. The fraction of sp³-hybridized carbons (Fsp3) is 0.409. The van der Waals surface area contributed by atoms with Crippen LogP contribution in [0, 0.1) is 6.92 Å². The molecular weight excluding hydrogens is 410 g/mol. The first-order valence-electron chi connectivity index (χ1n) is 10.6. The third-order valence-corrected chi connectivity index (χ3v) is 5.41. The second-order valence-electron chi connectivity index (χ2n) is 7.69. The highest BCUT2D eigenvalue weighted by Gasteiger charge is 2.23. The summed E-state index contributed by atoms with van der Waals surface area (Å²) in [7, 11) is 1.59. The Hall–Kier alpha value is -3.69. The van der Waals surface area contributed by atoms with E-state index in [9.17, 15) is 4.79 Å². The summed E-state index contributed by atoms with van der Waals surface area (Å²) in [6.45, 7) is 4.08. The smallest absolute Gasteiger partial charge is 0.271 e. The third kappa shape index (κ3) is 5.32. The van der Waals surface area contributed by atoms with Gasteiger partial charge in [-0.2, -0.15) is 5.10 Å². The zero-order chi connectivity index (χ0) is 22.3. The van der Waals surface area contributed by atoms with Crippen molar-refractivity contribution in [3.05, 3.63) is 53.6 Å². The van der Waals surface area contributed by atoms with E-state index in [-0.39, 0.29) is 12.0 Å². The molecule has 2 N–H and O–H groups in total. The number of carbonyl (C=O) groups excluding carboxylic acids is 1. The summed E-state index contributed by atoms with van der Waals surface area (Å²) >= 11 is 0. The number of pyridine rings is 1. The second kappa shape index (κ2) is 10.1. The molecule has 1 aliphatic rings. The standard InChI is InChI=1S/C22H27N7O3/c1-15-11-19(22(30)23-8-5-16-12-25-26-13-16)27-28-21(15)29-9-6-17(7-10-29)32-18-3-4-20(31-2)24-14-18/h3-4,11-14,17H,5-10H2,1-2H3,(H,23,30)(H,25,26). The van der Waals surface area contributed by atoms with Crippen molar-refractivity contribution in [1.82, 2.24) is 30.7 Å².